The number of nitrogens with zero attached hydrogens (tertiary/aromatic N) is 2. The molecule has 0 amide bonds. The zero-order chi connectivity index (χ0) is 13.1. The van der Waals surface area contributed by atoms with Crippen molar-refractivity contribution < 1.29 is 4.42 Å². The van der Waals surface area contributed by atoms with Gasteiger partial charge in [0, 0.05) is 17.3 Å². The summed E-state index contributed by atoms with van der Waals surface area (Å²) in [6.07, 6.45) is 1.82. The highest BCUT2D eigenvalue weighted by molar-refractivity contribution is 5.90. The van der Waals surface area contributed by atoms with Gasteiger partial charge in [-0.3, -0.25) is 10.1 Å². The lowest BCUT2D eigenvalue weighted by molar-refractivity contribution is 0.546. The second kappa shape index (κ2) is 5.04. The smallest absolute Gasteiger partial charge is 0.155 e. The maximum absolute atomic E-state index is 5.56. The van der Waals surface area contributed by atoms with Crippen molar-refractivity contribution in [3.8, 4) is 11.5 Å². The number of pyridine rings is 1. The van der Waals surface area contributed by atoms with Crippen LogP contribution in [0.2, 0.25) is 0 Å². The lowest BCUT2D eigenvalue weighted by Gasteiger charge is -1.93. The van der Waals surface area contributed by atoms with E-state index in [1.54, 1.807) is 0 Å². The van der Waals surface area contributed by atoms with Crippen LogP contribution >= 0.6 is 0 Å². The van der Waals surface area contributed by atoms with E-state index in [1.807, 2.05) is 52.1 Å². The molecule has 0 unspecified atom stereocenters. The van der Waals surface area contributed by atoms with E-state index < -0.39 is 0 Å². The average molecular weight is 243 g/mol. The summed E-state index contributed by atoms with van der Waals surface area (Å²) < 4.78 is 5.56. The fraction of sp³-hybridized carbons (Fsp3) is 0.286. The molecule has 0 radical (unpaired) electrons. The van der Waals surface area contributed by atoms with Gasteiger partial charge in [0.05, 0.1) is 5.52 Å². The highest BCUT2D eigenvalue weighted by Crippen LogP contribution is 2.27. The van der Waals surface area contributed by atoms with Crippen LogP contribution in [-0.2, 0) is 0 Å². The number of aryl methyl sites for hydroxylation is 2. The monoisotopic (exact) mass is 243 g/mol. The third-order valence-electron chi connectivity index (χ3n) is 2.56. The summed E-state index contributed by atoms with van der Waals surface area (Å²) in [5.41, 5.74) is 2.77. The van der Waals surface area contributed by atoms with Crippen molar-refractivity contribution in [2.24, 2.45) is 0 Å². The first-order valence-electron chi connectivity index (χ1n) is 6.11. The van der Waals surface area contributed by atoms with Gasteiger partial charge in [0.25, 0.3) is 0 Å². The molecule has 4 nitrogen and oxygen atoms in total. The van der Waals surface area contributed by atoms with Gasteiger partial charge < -0.3 is 4.42 Å². The van der Waals surface area contributed by atoms with E-state index in [0.717, 1.165) is 33.8 Å². The molecular weight excluding hydrogens is 226 g/mol. The second-order valence-corrected chi connectivity index (χ2v) is 3.85. The van der Waals surface area contributed by atoms with E-state index in [9.17, 15) is 0 Å². The number of nitrogens with one attached hydrogen (secondary N) is 1. The molecule has 0 aromatic carbocycles. The van der Waals surface area contributed by atoms with Crippen LogP contribution in [0.4, 0.5) is 0 Å². The second-order valence-electron chi connectivity index (χ2n) is 3.85. The van der Waals surface area contributed by atoms with Crippen LogP contribution in [0.3, 0.4) is 0 Å². The quantitative estimate of drug-likeness (QED) is 0.706. The molecule has 0 aliphatic heterocycles. The van der Waals surface area contributed by atoms with E-state index in [0.29, 0.717) is 0 Å². The van der Waals surface area contributed by atoms with E-state index in [4.69, 9.17) is 4.42 Å². The van der Waals surface area contributed by atoms with Crippen LogP contribution in [0, 0.1) is 13.8 Å². The molecule has 3 aromatic heterocycles. The van der Waals surface area contributed by atoms with Crippen LogP contribution < -0.4 is 0 Å². The van der Waals surface area contributed by atoms with E-state index in [2.05, 4.69) is 15.2 Å². The molecule has 1 N–H and O–H groups in total. The van der Waals surface area contributed by atoms with E-state index in [-0.39, 0.29) is 0 Å². The molecule has 94 valence electrons. The fourth-order valence-corrected chi connectivity index (χ4v) is 1.77. The largest absolute Gasteiger partial charge is 0.460 e. The molecule has 0 spiro atoms. The van der Waals surface area contributed by atoms with Crippen molar-refractivity contribution >= 4 is 10.9 Å². The number of hydrogen-bond donors (Lipinski definition) is 1. The molecule has 18 heavy (non-hydrogen) atoms. The van der Waals surface area contributed by atoms with Crippen molar-refractivity contribution in [3.63, 3.8) is 0 Å². The lowest BCUT2D eigenvalue weighted by atomic mass is 10.2. The Labute approximate surface area is 106 Å². The van der Waals surface area contributed by atoms with Crippen molar-refractivity contribution in [1.82, 2.24) is 15.2 Å². The van der Waals surface area contributed by atoms with Gasteiger partial charge in [-0.25, -0.2) is 0 Å². The number of furan rings is 1. The molecule has 0 atom stereocenters. The summed E-state index contributed by atoms with van der Waals surface area (Å²) in [4.78, 5) is 4.27. The Morgan fingerprint density at radius 1 is 1.17 bits per heavy atom. The Bertz CT molecular complexity index is 652. The predicted octanol–water partition coefficient (Wildman–Crippen LogP) is 3.86. The van der Waals surface area contributed by atoms with Gasteiger partial charge in [-0.2, -0.15) is 5.10 Å². The maximum Gasteiger partial charge on any atom is 0.155 e. The first-order valence-corrected chi connectivity index (χ1v) is 6.11. The summed E-state index contributed by atoms with van der Waals surface area (Å²) in [5.74, 6) is 1.65. The molecule has 0 aliphatic carbocycles. The summed E-state index contributed by atoms with van der Waals surface area (Å²) in [7, 11) is 0. The Morgan fingerprint density at radius 3 is 2.61 bits per heavy atom. The topological polar surface area (TPSA) is 54.7 Å². The van der Waals surface area contributed by atoms with Crippen molar-refractivity contribution in [2.75, 3.05) is 0 Å². The molecule has 0 bridgehead atoms. The number of hydrogen-bond acceptors (Lipinski definition) is 3. The van der Waals surface area contributed by atoms with E-state index >= 15 is 0 Å². The summed E-state index contributed by atoms with van der Waals surface area (Å²) in [6, 6.07) is 5.82. The van der Waals surface area contributed by atoms with E-state index in [1.165, 1.54) is 0 Å². The molecule has 0 aliphatic rings. The third kappa shape index (κ3) is 2.14. The molecule has 3 rings (SSSR count). The molecule has 4 heteroatoms. The number of fused-ring (bicyclic) bond motifs is 1. The molecule has 3 heterocycles. The first kappa shape index (κ1) is 12.4. The zero-order valence-electron chi connectivity index (χ0n) is 11.1. The first-order chi connectivity index (χ1) is 8.74. The molecule has 0 saturated heterocycles. The molecule has 3 aromatic rings. The van der Waals surface area contributed by atoms with Crippen molar-refractivity contribution in [3.05, 3.63) is 35.9 Å². The summed E-state index contributed by atoms with van der Waals surface area (Å²) in [5, 5.41) is 8.23. The minimum Gasteiger partial charge on any atom is -0.460 e. The Hall–Kier alpha value is -2.10. The third-order valence-corrected chi connectivity index (χ3v) is 2.56. The lowest BCUT2D eigenvalue weighted by Crippen LogP contribution is -1.79. The summed E-state index contributed by atoms with van der Waals surface area (Å²) in [6.45, 7) is 7.87. The zero-order valence-corrected chi connectivity index (χ0v) is 11.1. The van der Waals surface area contributed by atoms with Crippen molar-refractivity contribution in [2.45, 2.75) is 27.7 Å². The van der Waals surface area contributed by atoms with Gasteiger partial charge in [-0.05, 0) is 32.0 Å². The highest BCUT2D eigenvalue weighted by Gasteiger charge is 2.11. The van der Waals surface area contributed by atoms with Crippen LogP contribution in [0.25, 0.3) is 22.4 Å². The normalized spacial score (nSPS) is 10.2. The van der Waals surface area contributed by atoms with Crippen LogP contribution in [0.1, 0.15) is 25.3 Å². The van der Waals surface area contributed by atoms with Gasteiger partial charge in [0.1, 0.15) is 11.5 Å². The van der Waals surface area contributed by atoms with Crippen LogP contribution in [0.5, 0.6) is 0 Å². The minimum atomic E-state index is 0.773. The molecule has 0 saturated carbocycles. The van der Waals surface area contributed by atoms with Gasteiger partial charge in [-0.15, -0.1) is 0 Å². The Morgan fingerprint density at radius 2 is 1.94 bits per heavy atom. The number of rotatable bonds is 1. The number of aromatic nitrogens is 3. The van der Waals surface area contributed by atoms with Gasteiger partial charge in [0.2, 0.25) is 0 Å². The van der Waals surface area contributed by atoms with Crippen LogP contribution in [-0.4, -0.2) is 15.2 Å². The predicted molar refractivity (Wildman–Crippen MR) is 72.4 cm³/mol. The van der Waals surface area contributed by atoms with Crippen LogP contribution in [0.15, 0.2) is 28.8 Å². The Kier molecular flexibility index (Phi) is 3.46. The van der Waals surface area contributed by atoms with Gasteiger partial charge in [0.15, 0.2) is 5.76 Å². The Balaban J connectivity index is 0.000000574. The molecular formula is C14H17N3O. The minimum absolute atomic E-state index is 0.773. The van der Waals surface area contributed by atoms with Gasteiger partial charge in [-0.1, -0.05) is 13.8 Å². The fourth-order valence-electron chi connectivity index (χ4n) is 1.77. The standard InChI is InChI=1S/C12H11N3O.C2H6/c1-7-5-10-9(6-13-7)12(15-14-10)11-4-3-8(2)16-11;1-2/h3-6H,1-2H3,(H,14,15);1-2H3. The summed E-state index contributed by atoms with van der Waals surface area (Å²) >= 11 is 0. The van der Waals surface area contributed by atoms with Gasteiger partial charge >= 0.3 is 0 Å². The van der Waals surface area contributed by atoms with Crippen molar-refractivity contribution in [1.29, 1.82) is 0 Å². The number of aromatic amines is 1. The average Bonchev–Trinajstić information content (AvgIpc) is 2.97. The highest BCUT2D eigenvalue weighted by atomic mass is 16.3. The molecule has 0 fully saturated rings. The maximum atomic E-state index is 5.56. The number of H-pyrrole nitrogens is 1. The SMILES string of the molecule is CC.Cc1cc2[nH]nc(-c3ccc(C)o3)c2cn1.